The molecule has 2 unspecified atom stereocenters. The standard InChI is InChI=1S/C17H29NO/c1-5-8-15-9-11-16(12-10-15)17(19)13-18(7-3)14(4)6-2/h9-12,14,17,19H,5-8,13H2,1-4H3. The van der Waals surface area contributed by atoms with Gasteiger partial charge in [-0.1, -0.05) is 51.5 Å². The van der Waals surface area contributed by atoms with E-state index in [1.54, 1.807) is 0 Å². The van der Waals surface area contributed by atoms with Crippen LogP contribution in [-0.2, 0) is 6.42 Å². The third kappa shape index (κ3) is 4.96. The molecule has 0 radical (unpaired) electrons. The Kier molecular flexibility index (Phi) is 7.11. The van der Waals surface area contributed by atoms with Crippen LogP contribution < -0.4 is 0 Å². The summed E-state index contributed by atoms with van der Waals surface area (Å²) in [5.41, 5.74) is 2.38. The van der Waals surface area contributed by atoms with Gasteiger partial charge in [-0.15, -0.1) is 0 Å². The minimum atomic E-state index is -0.385. The molecule has 0 spiro atoms. The normalized spacial score (nSPS) is 14.6. The summed E-state index contributed by atoms with van der Waals surface area (Å²) in [6.45, 7) is 10.5. The van der Waals surface area contributed by atoms with E-state index in [0.717, 1.165) is 31.5 Å². The van der Waals surface area contributed by atoms with Gasteiger partial charge in [-0.2, -0.15) is 0 Å². The van der Waals surface area contributed by atoms with Crippen LogP contribution in [0.1, 0.15) is 57.8 Å². The fraction of sp³-hybridized carbons (Fsp3) is 0.647. The lowest BCUT2D eigenvalue weighted by molar-refractivity contribution is 0.0935. The number of aryl methyl sites for hydroxylation is 1. The van der Waals surface area contributed by atoms with Gasteiger partial charge in [0.1, 0.15) is 0 Å². The molecule has 0 bridgehead atoms. The predicted octanol–water partition coefficient (Wildman–Crippen LogP) is 3.79. The van der Waals surface area contributed by atoms with E-state index >= 15 is 0 Å². The topological polar surface area (TPSA) is 23.5 Å². The lowest BCUT2D eigenvalue weighted by Gasteiger charge is -2.29. The van der Waals surface area contributed by atoms with E-state index in [1.807, 2.05) is 0 Å². The molecule has 19 heavy (non-hydrogen) atoms. The zero-order chi connectivity index (χ0) is 14.3. The highest BCUT2D eigenvalue weighted by atomic mass is 16.3. The van der Waals surface area contributed by atoms with Gasteiger partial charge in [0.2, 0.25) is 0 Å². The van der Waals surface area contributed by atoms with Crippen LogP contribution in [0.4, 0.5) is 0 Å². The van der Waals surface area contributed by atoms with Crippen molar-refractivity contribution in [3.63, 3.8) is 0 Å². The van der Waals surface area contributed by atoms with Crippen molar-refractivity contribution in [3.05, 3.63) is 35.4 Å². The smallest absolute Gasteiger partial charge is 0.0917 e. The second-order valence-corrected chi connectivity index (χ2v) is 5.35. The summed E-state index contributed by atoms with van der Waals surface area (Å²) >= 11 is 0. The molecule has 1 aromatic carbocycles. The first-order valence-corrected chi connectivity index (χ1v) is 7.63. The van der Waals surface area contributed by atoms with E-state index in [2.05, 4.69) is 56.9 Å². The first-order valence-electron chi connectivity index (χ1n) is 7.63. The van der Waals surface area contributed by atoms with Gasteiger partial charge in [-0.25, -0.2) is 0 Å². The Morgan fingerprint density at radius 2 is 1.74 bits per heavy atom. The number of aliphatic hydroxyl groups is 1. The number of likely N-dealkylation sites (N-methyl/N-ethyl adjacent to an activating group) is 1. The van der Waals surface area contributed by atoms with Gasteiger partial charge in [-0.3, -0.25) is 4.90 Å². The molecule has 2 atom stereocenters. The van der Waals surface area contributed by atoms with Crippen LogP contribution in [0, 0.1) is 0 Å². The Morgan fingerprint density at radius 3 is 2.21 bits per heavy atom. The quantitative estimate of drug-likeness (QED) is 0.771. The Bertz CT molecular complexity index is 347. The van der Waals surface area contributed by atoms with Crippen molar-refractivity contribution in [1.29, 1.82) is 0 Å². The maximum Gasteiger partial charge on any atom is 0.0917 e. The van der Waals surface area contributed by atoms with E-state index in [4.69, 9.17) is 0 Å². The maximum atomic E-state index is 10.3. The Hall–Kier alpha value is -0.860. The van der Waals surface area contributed by atoms with Crippen LogP contribution in [0.5, 0.6) is 0 Å². The number of benzene rings is 1. The molecule has 108 valence electrons. The molecule has 1 N–H and O–H groups in total. The number of hydrogen-bond acceptors (Lipinski definition) is 2. The van der Waals surface area contributed by atoms with Crippen molar-refractivity contribution in [3.8, 4) is 0 Å². The van der Waals surface area contributed by atoms with E-state index in [-0.39, 0.29) is 6.10 Å². The predicted molar refractivity (Wildman–Crippen MR) is 82.4 cm³/mol. The SMILES string of the molecule is CCCc1ccc(C(O)CN(CC)C(C)CC)cc1. The maximum absolute atomic E-state index is 10.3. The first-order chi connectivity index (χ1) is 9.12. The first kappa shape index (κ1) is 16.2. The lowest BCUT2D eigenvalue weighted by atomic mass is 10.0. The highest BCUT2D eigenvalue weighted by molar-refractivity contribution is 5.24. The molecule has 0 amide bonds. The van der Waals surface area contributed by atoms with Crippen LogP contribution in [-0.4, -0.2) is 29.1 Å². The lowest BCUT2D eigenvalue weighted by Crippen LogP contribution is -2.35. The summed E-state index contributed by atoms with van der Waals surface area (Å²) in [4.78, 5) is 2.34. The van der Waals surface area contributed by atoms with Crippen molar-refractivity contribution in [2.24, 2.45) is 0 Å². The largest absolute Gasteiger partial charge is 0.387 e. The zero-order valence-electron chi connectivity index (χ0n) is 12.9. The summed E-state index contributed by atoms with van der Waals surface area (Å²) in [6.07, 6.45) is 3.02. The molecule has 2 heteroatoms. The third-order valence-corrected chi connectivity index (χ3v) is 3.93. The number of hydrogen-bond donors (Lipinski definition) is 1. The van der Waals surface area contributed by atoms with Gasteiger partial charge < -0.3 is 5.11 Å². The molecule has 0 fully saturated rings. The van der Waals surface area contributed by atoms with Gasteiger partial charge in [0.05, 0.1) is 6.10 Å². The highest BCUT2D eigenvalue weighted by Gasteiger charge is 2.16. The van der Waals surface area contributed by atoms with Crippen LogP contribution >= 0.6 is 0 Å². The molecular weight excluding hydrogens is 234 g/mol. The van der Waals surface area contributed by atoms with Crippen molar-refractivity contribution in [1.82, 2.24) is 4.90 Å². The van der Waals surface area contributed by atoms with Crippen LogP contribution in [0.15, 0.2) is 24.3 Å². The van der Waals surface area contributed by atoms with E-state index < -0.39 is 0 Å². The average molecular weight is 263 g/mol. The van der Waals surface area contributed by atoms with Crippen LogP contribution in [0.3, 0.4) is 0 Å². The van der Waals surface area contributed by atoms with Gasteiger partial charge in [0.25, 0.3) is 0 Å². The van der Waals surface area contributed by atoms with E-state index in [0.29, 0.717) is 6.04 Å². The zero-order valence-corrected chi connectivity index (χ0v) is 12.9. The molecular formula is C17H29NO. The second kappa shape index (κ2) is 8.34. The highest BCUT2D eigenvalue weighted by Crippen LogP contribution is 2.17. The van der Waals surface area contributed by atoms with Crippen LogP contribution in [0.25, 0.3) is 0 Å². The third-order valence-electron chi connectivity index (χ3n) is 3.93. The molecule has 0 heterocycles. The number of rotatable bonds is 8. The summed E-state index contributed by atoms with van der Waals surface area (Å²) in [5, 5.41) is 10.3. The monoisotopic (exact) mass is 263 g/mol. The van der Waals surface area contributed by atoms with Crippen molar-refractivity contribution >= 4 is 0 Å². The van der Waals surface area contributed by atoms with E-state index in [9.17, 15) is 5.11 Å². The Balaban J connectivity index is 2.63. The molecule has 2 nitrogen and oxygen atoms in total. The van der Waals surface area contributed by atoms with E-state index in [1.165, 1.54) is 12.0 Å². The van der Waals surface area contributed by atoms with Crippen molar-refractivity contribution in [2.75, 3.05) is 13.1 Å². The summed E-state index contributed by atoms with van der Waals surface area (Å²) < 4.78 is 0. The van der Waals surface area contributed by atoms with Crippen molar-refractivity contribution < 1.29 is 5.11 Å². The summed E-state index contributed by atoms with van der Waals surface area (Å²) in [6, 6.07) is 8.95. The molecule has 0 aliphatic rings. The summed E-state index contributed by atoms with van der Waals surface area (Å²) in [7, 11) is 0. The fourth-order valence-electron chi connectivity index (χ4n) is 2.40. The molecule has 0 aliphatic heterocycles. The van der Waals surface area contributed by atoms with Crippen molar-refractivity contribution in [2.45, 2.75) is 59.1 Å². The minimum Gasteiger partial charge on any atom is -0.387 e. The summed E-state index contributed by atoms with van der Waals surface area (Å²) in [5.74, 6) is 0. The van der Waals surface area contributed by atoms with Gasteiger partial charge in [-0.05, 0) is 37.4 Å². The molecule has 0 aliphatic carbocycles. The van der Waals surface area contributed by atoms with Crippen LogP contribution in [0.2, 0.25) is 0 Å². The minimum absolute atomic E-state index is 0.385. The number of aliphatic hydroxyl groups excluding tert-OH is 1. The molecule has 1 aromatic rings. The molecule has 0 aromatic heterocycles. The number of nitrogens with zero attached hydrogens (tertiary/aromatic N) is 1. The molecule has 1 rings (SSSR count). The Morgan fingerprint density at radius 1 is 1.11 bits per heavy atom. The average Bonchev–Trinajstić information content (AvgIpc) is 2.44. The second-order valence-electron chi connectivity index (χ2n) is 5.35. The fourth-order valence-corrected chi connectivity index (χ4v) is 2.40. The van der Waals surface area contributed by atoms with Gasteiger partial charge in [0, 0.05) is 12.6 Å². The Labute approximate surface area is 118 Å². The van der Waals surface area contributed by atoms with Gasteiger partial charge in [0.15, 0.2) is 0 Å². The van der Waals surface area contributed by atoms with Gasteiger partial charge >= 0.3 is 0 Å². The molecule has 0 saturated heterocycles. The molecule has 0 saturated carbocycles.